The molecular weight excluding hydrogens is 877 g/mol. The van der Waals surface area contributed by atoms with E-state index in [4.69, 9.17) is 28.4 Å². The Bertz CT molecular complexity index is 1240. The molecule has 0 aromatic carbocycles. The van der Waals surface area contributed by atoms with E-state index in [1.54, 1.807) is 0 Å². The molecular formula is C53H98O15. The fourth-order valence-corrected chi connectivity index (χ4v) is 8.74. The van der Waals surface area contributed by atoms with Crippen LogP contribution < -0.4 is 0 Å². The molecule has 4 unspecified atom stereocenters. The molecule has 0 spiro atoms. The summed E-state index contributed by atoms with van der Waals surface area (Å²) in [6, 6.07) is 0. The molecule has 2 aliphatic heterocycles. The summed E-state index contributed by atoms with van der Waals surface area (Å²) < 4.78 is 33.6. The summed E-state index contributed by atoms with van der Waals surface area (Å²) in [5, 5.41) is 72.1. The predicted molar refractivity (Wildman–Crippen MR) is 261 cm³/mol. The van der Waals surface area contributed by atoms with Gasteiger partial charge in [-0.25, -0.2) is 0 Å². The van der Waals surface area contributed by atoms with Crippen molar-refractivity contribution >= 4 is 11.9 Å². The monoisotopic (exact) mass is 975 g/mol. The second-order valence-corrected chi connectivity index (χ2v) is 19.4. The summed E-state index contributed by atoms with van der Waals surface area (Å²) in [6.45, 7) is 2.60. The van der Waals surface area contributed by atoms with Gasteiger partial charge in [0.15, 0.2) is 18.7 Å². The average Bonchev–Trinajstić information content (AvgIpc) is 3.33. The van der Waals surface area contributed by atoms with Crippen LogP contribution in [0.2, 0.25) is 0 Å². The molecule has 68 heavy (non-hydrogen) atoms. The number of unbranched alkanes of at least 4 members (excludes halogenated alkanes) is 27. The van der Waals surface area contributed by atoms with E-state index in [-0.39, 0.29) is 26.1 Å². The molecule has 15 nitrogen and oxygen atoms in total. The van der Waals surface area contributed by atoms with Gasteiger partial charge in [0.2, 0.25) is 0 Å². The van der Waals surface area contributed by atoms with Crippen LogP contribution in [0.15, 0.2) is 12.2 Å². The van der Waals surface area contributed by atoms with E-state index in [9.17, 15) is 45.3 Å². The van der Waals surface area contributed by atoms with Crippen molar-refractivity contribution in [3.8, 4) is 0 Å². The van der Waals surface area contributed by atoms with Gasteiger partial charge in [0, 0.05) is 12.8 Å². The zero-order chi connectivity index (χ0) is 49.6. The zero-order valence-corrected chi connectivity index (χ0v) is 42.4. The zero-order valence-electron chi connectivity index (χ0n) is 42.4. The predicted octanol–water partition coefficient (Wildman–Crippen LogP) is 8.16. The summed E-state index contributed by atoms with van der Waals surface area (Å²) in [5.74, 6) is -0.915. The third-order valence-corrected chi connectivity index (χ3v) is 13.2. The molecule has 7 N–H and O–H groups in total. The highest BCUT2D eigenvalue weighted by Crippen LogP contribution is 2.27. The lowest BCUT2D eigenvalue weighted by molar-refractivity contribution is -0.332. The lowest BCUT2D eigenvalue weighted by atomic mass is 9.98. The average molecular weight is 975 g/mol. The molecule has 0 amide bonds. The molecule has 15 heteroatoms. The number of allylic oxidation sites excluding steroid dienone is 2. The number of carbonyl (C=O) groups excluding carboxylic acids is 2. The van der Waals surface area contributed by atoms with E-state index >= 15 is 0 Å². The third kappa shape index (κ3) is 28.3. The number of rotatable bonds is 43. The van der Waals surface area contributed by atoms with Crippen LogP contribution in [0.25, 0.3) is 0 Å². The maximum Gasteiger partial charge on any atom is 0.306 e. The van der Waals surface area contributed by atoms with Gasteiger partial charge in [-0.05, 0) is 38.5 Å². The van der Waals surface area contributed by atoms with Crippen LogP contribution in [-0.4, -0.2) is 142 Å². The Morgan fingerprint density at radius 3 is 1.29 bits per heavy atom. The third-order valence-electron chi connectivity index (χ3n) is 13.2. The van der Waals surface area contributed by atoms with Gasteiger partial charge in [0.05, 0.1) is 19.8 Å². The summed E-state index contributed by atoms with van der Waals surface area (Å²) in [6.07, 6.45) is 23.9. The molecule has 2 aliphatic rings. The van der Waals surface area contributed by atoms with Crippen molar-refractivity contribution in [1.29, 1.82) is 0 Å². The van der Waals surface area contributed by atoms with Gasteiger partial charge in [-0.3, -0.25) is 9.59 Å². The summed E-state index contributed by atoms with van der Waals surface area (Å²) in [5.41, 5.74) is 0. The minimum absolute atomic E-state index is 0.170. The maximum absolute atomic E-state index is 13.0. The highest BCUT2D eigenvalue weighted by atomic mass is 16.7. The van der Waals surface area contributed by atoms with Gasteiger partial charge < -0.3 is 64.2 Å². The number of hydrogen-bond donors (Lipinski definition) is 7. The van der Waals surface area contributed by atoms with Gasteiger partial charge in [-0.2, -0.15) is 0 Å². The van der Waals surface area contributed by atoms with E-state index in [1.165, 1.54) is 141 Å². The topological polar surface area (TPSA) is 231 Å². The summed E-state index contributed by atoms with van der Waals surface area (Å²) >= 11 is 0. The second-order valence-electron chi connectivity index (χ2n) is 19.4. The summed E-state index contributed by atoms with van der Waals surface area (Å²) in [4.78, 5) is 25.8. The Labute approximate surface area is 410 Å². The molecule has 0 aromatic rings. The van der Waals surface area contributed by atoms with Crippen LogP contribution in [0.4, 0.5) is 0 Å². The van der Waals surface area contributed by atoms with Crippen LogP contribution in [0.5, 0.6) is 0 Å². The lowest BCUT2D eigenvalue weighted by Gasteiger charge is -2.42. The van der Waals surface area contributed by atoms with Gasteiger partial charge in [-0.1, -0.05) is 180 Å². The smallest absolute Gasteiger partial charge is 0.306 e. The van der Waals surface area contributed by atoms with Crippen LogP contribution in [-0.2, 0) is 38.0 Å². The molecule has 0 bridgehead atoms. The lowest BCUT2D eigenvalue weighted by Crippen LogP contribution is -2.61. The molecule has 2 rings (SSSR count). The van der Waals surface area contributed by atoms with Crippen molar-refractivity contribution in [2.24, 2.45) is 0 Å². The number of ether oxygens (including phenoxy) is 6. The Hall–Kier alpha value is -1.76. The molecule has 0 radical (unpaired) electrons. The molecule has 0 saturated carbocycles. The van der Waals surface area contributed by atoms with Gasteiger partial charge in [-0.15, -0.1) is 0 Å². The van der Waals surface area contributed by atoms with Crippen LogP contribution >= 0.6 is 0 Å². The first-order valence-corrected chi connectivity index (χ1v) is 27.3. The van der Waals surface area contributed by atoms with E-state index in [0.29, 0.717) is 12.8 Å². The van der Waals surface area contributed by atoms with E-state index in [0.717, 1.165) is 38.5 Å². The Morgan fingerprint density at radius 1 is 0.456 bits per heavy atom. The molecule has 400 valence electrons. The Morgan fingerprint density at radius 2 is 0.838 bits per heavy atom. The first-order chi connectivity index (χ1) is 33.0. The highest BCUT2D eigenvalue weighted by Gasteiger charge is 2.47. The Balaban J connectivity index is 1.74. The number of aliphatic hydroxyl groups excluding tert-OH is 7. The quantitative estimate of drug-likeness (QED) is 0.0174. The fraction of sp³-hybridized carbons (Fsp3) is 0.925. The van der Waals surface area contributed by atoms with E-state index in [2.05, 4.69) is 26.0 Å². The minimum Gasteiger partial charge on any atom is -0.462 e. The molecule has 0 aliphatic carbocycles. The molecule has 11 atom stereocenters. The van der Waals surface area contributed by atoms with Crippen molar-refractivity contribution in [1.82, 2.24) is 0 Å². The van der Waals surface area contributed by atoms with Gasteiger partial charge >= 0.3 is 11.9 Å². The van der Waals surface area contributed by atoms with Crippen LogP contribution in [0.1, 0.15) is 219 Å². The molecule has 2 saturated heterocycles. The molecule has 2 heterocycles. The van der Waals surface area contributed by atoms with Crippen LogP contribution in [0, 0.1) is 0 Å². The van der Waals surface area contributed by atoms with Gasteiger partial charge in [0.1, 0.15) is 55.4 Å². The van der Waals surface area contributed by atoms with Crippen molar-refractivity contribution in [3.05, 3.63) is 12.2 Å². The van der Waals surface area contributed by atoms with Crippen LogP contribution in [0.3, 0.4) is 0 Å². The minimum atomic E-state index is -1.76. The molecule has 2 fully saturated rings. The number of carbonyl (C=O) groups is 2. The van der Waals surface area contributed by atoms with E-state index < -0.39 is 92.7 Å². The first kappa shape index (κ1) is 62.4. The SMILES string of the molecule is CCCCCCCC/C=C/CCCCCCCCCCCCCC(=O)OC[C@@H](CO[C@@H]1O[C@H](CO[C@@H]2O[C@H](CO)[C@H](O)C(O)C2O)[C@H](O)C(O)C1O)OC(=O)CCCCCCCCCCCCC. The first-order valence-electron chi connectivity index (χ1n) is 27.3. The van der Waals surface area contributed by atoms with E-state index in [1.807, 2.05) is 0 Å². The normalized spacial score (nSPS) is 25.8. The van der Waals surface area contributed by atoms with Crippen molar-refractivity contribution in [3.63, 3.8) is 0 Å². The van der Waals surface area contributed by atoms with Gasteiger partial charge in [0.25, 0.3) is 0 Å². The van der Waals surface area contributed by atoms with Crippen molar-refractivity contribution < 1.29 is 73.8 Å². The summed E-state index contributed by atoms with van der Waals surface area (Å²) in [7, 11) is 0. The number of hydrogen-bond acceptors (Lipinski definition) is 15. The second kappa shape index (κ2) is 40.8. The standard InChI is InChI=1S/C53H98O15/c1-3-5-7-9-11-13-15-16-17-18-19-20-21-22-23-24-26-27-29-31-33-35-44(55)63-38-41(66-45(56)36-34-32-30-28-25-14-12-10-8-6-4-2)39-64-52-51(62)49(60)47(58)43(68-52)40-65-53-50(61)48(59)46(57)42(37-54)67-53/h16-17,41-43,46-54,57-62H,3-15,18-40H2,1-2H3/b17-16+/t41-,42+,43+,46-,47-,48?,49?,50?,51?,52+,53+/m0/s1. The number of aliphatic hydroxyl groups is 7. The fourth-order valence-electron chi connectivity index (χ4n) is 8.74. The Kier molecular flexibility index (Phi) is 37.4. The van der Waals surface area contributed by atoms with Crippen molar-refractivity contribution in [2.75, 3.05) is 26.4 Å². The van der Waals surface area contributed by atoms with Crippen molar-refractivity contribution in [2.45, 2.75) is 287 Å². The highest BCUT2D eigenvalue weighted by molar-refractivity contribution is 5.70. The maximum atomic E-state index is 13.0. The largest absolute Gasteiger partial charge is 0.462 e. The number of esters is 2. The molecule has 0 aromatic heterocycles.